The molecule has 0 aliphatic rings. The largest absolute Gasteiger partial charge is 0.306 e. The van der Waals surface area contributed by atoms with E-state index in [9.17, 15) is 4.39 Å². The van der Waals surface area contributed by atoms with Crippen molar-refractivity contribution in [2.45, 2.75) is 25.9 Å². The Hall–Kier alpha value is -1.09. The number of hydrogen-bond donors (Lipinski definition) is 1. The highest BCUT2D eigenvalue weighted by Crippen LogP contribution is 2.21. The molecule has 0 spiro atoms. The molecular weight excluding hydrogens is 296 g/mol. The van der Waals surface area contributed by atoms with Crippen LogP contribution >= 0.6 is 23.2 Å². The van der Waals surface area contributed by atoms with Gasteiger partial charge in [0, 0.05) is 28.2 Å². The van der Waals surface area contributed by atoms with Gasteiger partial charge in [-0.25, -0.2) is 4.39 Å². The van der Waals surface area contributed by atoms with Crippen LogP contribution < -0.4 is 5.32 Å². The van der Waals surface area contributed by atoms with Crippen molar-refractivity contribution in [1.82, 2.24) is 5.32 Å². The molecule has 0 saturated heterocycles. The van der Waals surface area contributed by atoms with E-state index < -0.39 is 0 Å². The van der Waals surface area contributed by atoms with E-state index in [2.05, 4.69) is 12.2 Å². The first kappa shape index (κ1) is 15.3. The van der Waals surface area contributed by atoms with Gasteiger partial charge in [0.15, 0.2) is 0 Å². The Kier molecular flexibility index (Phi) is 5.41. The lowest BCUT2D eigenvalue weighted by Crippen LogP contribution is -2.20. The first-order valence-electron chi connectivity index (χ1n) is 6.53. The molecule has 1 atom stereocenters. The summed E-state index contributed by atoms with van der Waals surface area (Å²) in [4.78, 5) is 0. The van der Waals surface area contributed by atoms with Crippen molar-refractivity contribution in [2.75, 3.05) is 0 Å². The van der Waals surface area contributed by atoms with E-state index in [0.29, 0.717) is 22.2 Å². The minimum Gasteiger partial charge on any atom is -0.306 e. The molecule has 1 unspecified atom stereocenters. The van der Waals surface area contributed by atoms with Gasteiger partial charge in [-0.15, -0.1) is 0 Å². The van der Waals surface area contributed by atoms with E-state index in [1.165, 1.54) is 6.07 Å². The van der Waals surface area contributed by atoms with Gasteiger partial charge in [-0.05, 0) is 36.2 Å². The number of halogens is 3. The first-order chi connectivity index (χ1) is 9.60. The second-order valence-corrected chi connectivity index (χ2v) is 5.51. The van der Waals surface area contributed by atoms with Gasteiger partial charge >= 0.3 is 0 Å². The minimum absolute atomic E-state index is 0.142. The fraction of sp³-hybridized carbons (Fsp3) is 0.250. The molecule has 0 saturated carbocycles. The van der Waals surface area contributed by atoms with E-state index in [0.717, 1.165) is 12.0 Å². The lowest BCUT2D eigenvalue weighted by Gasteiger charge is -2.18. The van der Waals surface area contributed by atoms with E-state index in [4.69, 9.17) is 23.2 Å². The summed E-state index contributed by atoms with van der Waals surface area (Å²) in [7, 11) is 0. The van der Waals surface area contributed by atoms with Crippen LogP contribution in [0, 0.1) is 5.82 Å². The Bertz CT molecular complexity index is 586. The van der Waals surface area contributed by atoms with Crippen LogP contribution in [0.3, 0.4) is 0 Å². The average Bonchev–Trinajstić information content (AvgIpc) is 2.41. The van der Waals surface area contributed by atoms with Gasteiger partial charge in [0.25, 0.3) is 0 Å². The molecule has 1 N–H and O–H groups in total. The van der Waals surface area contributed by atoms with E-state index in [-0.39, 0.29) is 11.9 Å². The lowest BCUT2D eigenvalue weighted by atomic mass is 10.0. The molecule has 0 radical (unpaired) electrons. The average molecular weight is 312 g/mol. The van der Waals surface area contributed by atoms with Crippen molar-refractivity contribution in [1.29, 1.82) is 0 Å². The summed E-state index contributed by atoms with van der Waals surface area (Å²) in [6.45, 7) is 2.53. The van der Waals surface area contributed by atoms with Gasteiger partial charge in [-0.2, -0.15) is 0 Å². The summed E-state index contributed by atoms with van der Waals surface area (Å²) in [5.41, 5.74) is 1.71. The molecule has 20 heavy (non-hydrogen) atoms. The number of benzene rings is 2. The van der Waals surface area contributed by atoms with Crippen molar-refractivity contribution in [3.63, 3.8) is 0 Å². The molecule has 4 heteroatoms. The normalized spacial score (nSPS) is 12.4. The molecule has 0 fully saturated rings. The molecule has 1 nitrogen and oxygen atoms in total. The first-order valence-corrected chi connectivity index (χ1v) is 7.28. The quantitative estimate of drug-likeness (QED) is 0.782. The Labute approximate surface area is 128 Å². The number of hydrogen-bond acceptors (Lipinski definition) is 1. The highest BCUT2D eigenvalue weighted by Gasteiger charge is 2.10. The van der Waals surface area contributed by atoms with Gasteiger partial charge in [-0.1, -0.05) is 48.3 Å². The molecule has 0 aromatic heterocycles. The van der Waals surface area contributed by atoms with Crippen molar-refractivity contribution in [3.05, 3.63) is 69.5 Å². The highest BCUT2D eigenvalue weighted by atomic mass is 35.5. The van der Waals surface area contributed by atoms with E-state index in [1.807, 2.05) is 24.3 Å². The maximum Gasteiger partial charge on any atom is 0.129 e. The predicted octanol–water partition coefficient (Wildman–Crippen LogP) is 5.37. The van der Waals surface area contributed by atoms with Gasteiger partial charge in [0.2, 0.25) is 0 Å². The van der Waals surface area contributed by atoms with Gasteiger partial charge in [0.1, 0.15) is 5.82 Å². The molecule has 0 bridgehead atoms. The molecule has 106 valence electrons. The summed E-state index contributed by atoms with van der Waals surface area (Å²) in [5, 5.41) is 4.47. The Morgan fingerprint density at radius 3 is 2.50 bits per heavy atom. The van der Waals surface area contributed by atoms with Crippen LogP contribution in [0.5, 0.6) is 0 Å². The van der Waals surface area contributed by atoms with E-state index >= 15 is 0 Å². The molecule has 0 heterocycles. The zero-order valence-corrected chi connectivity index (χ0v) is 12.7. The SMILES string of the molecule is CCC(NCc1ccc(Cl)cc1F)c1cccc(Cl)c1. The van der Waals surface area contributed by atoms with Crippen molar-refractivity contribution < 1.29 is 4.39 Å². The smallest absolute Gasteiger partial charge is 0.129 e. The van der Waals surface area contributed by atoms with Gasteiger partial charge < -0.3 is 5.32 Å². The van der Waals surface area contributed by atoms with Crippen LogP contribution in [0.1, 0.15) is 30.5 Å². The maximum atomic E-state index is 13.7. The maximum absolute atomic E-state index is 13.7. The summed E-state index contributed by atoms with van der Waals surface area (Å²) in [6.07, 6.45) is 0.898. The van der Waals surface area contributed by atoms with Crippen LogP contribution in [0.25, 0.3) is 0 Å². The summed E-state index contributed by atoms with van der Waals surface area (Å²) >= 11 is 11.7. The number of rotatable bonds is 5. The monoisotopic (exact) mass is 311 g/mol. The molecule has 2 aromatic rings. The van der Waals surface area contributed by atoms with Crippen LogP contribution in [0.4, 0.5) is 4.39 Å². The molecule has 0 aliphatic carbocycles. The topological polar surface area (TPSA) is 12.0 Å². The van der Waals surface area contributed by atoms with Crippen LogP contribution in [0.2, 0.25) is 10.0 Å². The third-order valence-electron chi connectivity index (χ3n) is 3.21. The van der Waals surface area contributed by atoms with Crippen molar-refractivity contribution >= 4 is 23.2 Å². The fourth-order valence-electron chi connectivity index (χ4n) is 2.12. The van der Waals surface area contributed by atoms with Crippen LogP contribution in [0.15, 0.2) is 42.5 Å². The Morgan fingerprint density at radius 1 is 1.10 bits per heavy atom. The third kappa shape index (κ3) is 3.95. The molecule has 2 rings (SSSR count). The third-order valence-corrected chi connectivity index (χ3v) is 3.68. The predicted molar refractivity (Wildman–Crippen MR) is 82.7 cm³/mol. The molecular formula is C16H16Cl2FN. The Balaban J connectivity index is 2.07. The minimum atomic E-state index is -0.286. The zero-order valence-electron chi connectivity index (χ0n) is 11.2. The standard InChI is InChI=1S/C16H16Cl2FN/c1-2-16(11-4-3-5-13(17)8-11)20-10-12-6-7-14(18)9-15(12)19/h3-9,16,20H,2,10H2,1H3. The fourth-order valence-corrected chi connectivity index (χ4v) is 2.48. The van der Waals surface area contributed by atoms with Crippen molar-refractivity contribution in [3.8, 4) is 0 Å². The van der Waals surface area contributed by atoms with Gasteiger partial charge in [0.05, 0.1) is 0 Å². The summed E-state index contributed by atoms with van der Waals surface area (Å²) < 4.78 is 13.7. The van der Waals surface area contributed by atoms with Crippen molar-refractivity contribution in [2.24, 2.45) is 0 Å². The second-order valence-electron chi connectivity index (χ2n) is 4.63. The number of nitrogens with one attached hydrogen (secondary N) is 1. The summed E-state index contributed by atoms with van der Waals surface area (Å²) in [5.74, 6) is -0.286. The molecule has 0 amide bonds. The highest BCUT2D eigenvalue weighted by molar-refractivity contribution is 6.30. The molecule has 2 aromatic carbocycles. The molecule has 0 aliphatic heterocycles. The van der Waals surface area contributed by atoms with E-state index in [1.54, 1.807) is 12.1 Å². The second kappa shape index (κ2) is 7.07. The summed E-state index contributed by atoms with van der Waals surface area (Å²) in [6, 6.07) is 12.6. The van der Waals surface area contributed by atoms with Crippen LogP contribution in [-0.2, 0) is 6.54 Å². The Morgan fingerprint density at radius 2 is 1.85 bits per heavy atom. The zero-order chi connectivity index (χ0) is 14.5. The lowest BCUT2D eigenvalue weighted by molar-refractivity contribution is 0.504. The van der Waals surface area contributed by atoms with Crippen LogP contribution in [-0.4, -0.2) is 0 Å². The van der Waals surface area contributed by atoms with Gasteiger partial charge in [-0.3, -0.25) is 0 Å².